The van der Waals surface area contributed by atoms with E-state index < -0.39 is 10.0 Å². The molecule has 3 fully saturated rings. The second-order valence-electron chi connectivity index (χ2n) is 7.88. The third kappa shape index (κ3) is 4.20. The van der Waals surface area contributed by atoms with Crippen LogP contribution >= 0.6 is 0 Å². The molecular weight excluding hydrogens is 364 g/mol. The van der Waals surface area contributed by atoms with E-state index in [1.165, 1.54) is 12.8 Å². The first-order valence-corrected chi connectivity index (χ1v) is 11.5. The Morgan fingerprint density at radius 2 is 1.67 bits per heavy atom. The number of amides is 1. The molecule has 1 saturated carbocycles. The Morgan fingerprint density at radius 1 is 1.00 bits per heavy atom. The normalized spacial score (nSPS) is 27.3. The quantitative estimate of drug-likeness (QED) is 0.836. The highest BCUT2D eigenvalue weighted by Crippen LogP contribution is 2.38. The van der Waals surface area contributed by atoms with E-state index in [2.05, 4.69) is 5.32 Å². The second kappa shape index (κ2) is 7.89. The summed E-state index contributed by atoms with van der Waals surface area (Å²) in [5.41, 5.74) is 0.492. The summed E-state index contributed by atoms with van der Waals surface area (Å²) in [6.45, 7) is 1.85. The monoisotopic (exact) mass is 392 g/mol. The molecule has 2 saturated heterocycles. The SMILES string of the molecule is O=C(NC1CCOC1C1CC1)c1ccc(S(=O)(=O)N2CCCCCC2)cc1. The van der Waals surface area contributed by atoms with Crippen molar-refractivity contribution < 1.29 is 17.9 Å². The summed E-state index contributed by atoms with van der Waals surface area (Å²) in [4.78, 5) is 12.8. The predicted octanol–water partition coefficient (Wildman–Crippen LogP) is 2.55. The van der Waals surface area contributed by atoms with E-state index in [9.17, 15) is 13.2 Å². The highest BCUT2D eigenvalue weighted by Gasteiger charge is 2.41. The number of carbonyl (C=O) groups is 1. The fraction of sp³-hybridized carbons (Fsp3) is 0.650. The zero-order valence-electron chi connectivity index (χ0n) is 15.6. The maximum atomic E-state index is 12.8. The lowest BCUT2D eigenvalue weighted by Gasteiger charge is -2.21. The van der Waals surface area contributed by atoms with Gasteiger partial charge in [0.05, 0.1) is 17.0 Å². The van der Waals surface area contributed by atoms with E-state index >= 15 is 0 Å². The minimum atomic E-state index is -3.48. The molecule has 0 bridgehead atoms. The molecule has 7 heteroatoms. The summed E-state index contributed by atoms with van der Waals surface area (Å²) in [5.74, 6) is 0.425. The summed E-state index contributed by atoms with van der Waals surface area (Å²) >= 11 is 0. The molecule has 148 valence electrons. The van der Waals surface area contributed by atoms with Gasteiger partial charge in [-0.3, -0.25) is 4.79 Å². The lowest BCUT2D eigenvalue weighted by atomic mass is 10.1. The Bertz CT molecular complexity index is 766. The third-order valence-corrected chi connectivity index (χ3v) is 7.77. The molecule has 0 radical (unpaired) electrons. The zero-order chi connectivity index (χ0) is 18.9. The molecule has 1 aliphatic carbocycles. The topological polar surface area (TPSA) is 75.7 Å². The fourth-order valence-electron chi connectivity index (χ4n) is 4.12. The van der Waals surface area contributed by atoms with E-state index in [0.717, 1.165) is 32.1 Å². The molecule has 0 spiro atoms. The average molecular weight is 393 g/mol. The average Bonchev–Trinajstić information content (AvgIpc) is 3.46. The first kappa shape index (κ1) is 18.9. The van der Waals surface area contributed by atoms with E-state index in [-0.39, 0.29) is 22.9 Å². The van der Waals surface area contributed by atoms with Crippen LogP contribution in [-0.4, -0.2) is 50.5 Å². The number of benzene rings is 1. The lowest BCUT2D eigenvalue weighted by molar-refractivity contribution is 0.0729. The zero-order valence-corrected chi connectivity index (χ0v) is 16.4. The smallest absolute Gasteiger partial charge is 0.251 e. The number of hydrogen-bond donors (Lipinski definition) is 1. The van der Waals surface area contributed by atoms with E-state index in [1.54, 1.807) is 28.6 Å². The highest BCUT2D eigenvalue weighted by molar-refractivity contribution is 7.89. The fourth-order valence-corrected chi connectivity index (χ4v) is 5.63. The van der Waals surface area contributed by atoms with Crippen LogP contribution in [0.3, 0.4) is 0 Å². The Morgan fingerprint density at radius 3 is 2.30 bits per heavy atom. The Hall–Kier alpha value is -1.44. The summed E-state index contributed by atoms with van der Waals surface area (Å²) in [5, 5.41) is 3.07. The Kier molecular flexibility index (Phi) is 5.53. The summed E-state index contributed by atoms with van der Waals surface area (Å²) in [6, 6.07) is 6.40. The van der Waals surface area contributed by atoms with Gasteiger partial charge in [0.2, 0.25) is 10.0 Å². The van der Waals surface area contributed by atoms with Crippen LogP contribution in [0.15, 0.2) is 29.2 Å². The summed E-state index contributed by atoms with van der Waals surface area (Å²) in [7, 11) is -3.48. The summed E-state index contributed by atoms with van der Waals surface area (Å²) in [6.07, 6.45) is 7.32. The van der Waals surface area contributed by atoms with Crippen LogP contribution in [0, 0.1) is 5.92 Å². The molecule has 2 atom stereocenters. The van der Waals surface area contributed by atoms with Crippen LogP contribution in [0.25, 0.3) is 0 Å². The van der Waals surface area contributed by atoms with E-state index in [1.807, 2.05) is 0 Å². The molecule has 1 aromatic rings. The molecule has 4 rings (SSSR count). The highest BCUT2D eigenvalue weighted by atomic mass is 32.2. The number of hydrogen-bond acceptors (Lipinski definition) is 4. The Labute approximate surface area is 161 Å². The van der Waals surface area contributed by atoms with Gasteiger partial charge in [-0.1, -0.05) is 12.8 Å². The van der Waals surface area contributed by atoms with Gasteiger partial charge >= 0.3 is 0 Å². The van der Waals surface area contributed by atoms with Crippen molar-refractivity contribution in [1.29, 1.82) is 0 Å². The molecule has 1 amide bonds. The number of ether oxygens (including phenoxy) is 1. The van der Waals surface area contributed by atoms with Gasteiger partial charge in [-0.05, 0) is 62.3 Å². The van der Waals surface area contributed by atoms with Gasteiger partial charge in [-0.25, -0.2) is 8.42 Å². The van der Waals surface area contributed by atoms with Crippen molar-refractivity contribution in [2.24, 2.45) is 5.92 Å². The number of nitrogens with one attached hydrogen (secondary N) is 1. The van der Waals surface area contributed by atoms with Crippen molar-refractivity contribution in [1.82, 2.24) is 9.62 Å². The molecule has 1 N–H and O–H groups in total. The van der Waals surface area contributed by atoms with Gasteiger partial charge < -0.3 is 10.1 Å². The van der Waals surface area contributed by atoms with Crippen molar-refractivity contribution >= 4 is 15.9 Å². The third-order valence-electron chi connectivity index (χ3n) is 5.86. The van der Waals surface area contributed by atoms with Crippen LogP contribution in [0.1, 0.15) is 55.3 Å². The molecule has 2 heterocycles. The molecule has 3 aliphatic rings. The molecule has 0 aromatic heterocycles. The molecule has 1 aromatic carbocycles. The van der Waals surface area contributed by atoms with Gasteiger partial charge in [-0.15, -0.1) is 0 Å². The number of nitrogens with zero attached hydrogens (tertiary/aromatic N) is 1. The molecule has 2 unspecified atom stereocenters. The first-order chi connectivity index (χ1) is 13.1. The minimum absolute atomic E-state index is 0.0607. The summed E-state index contributed by atoms with van der Waals surface area (Å²) < 4.78 is 33.0. The van der Waals surface area contributed by atoms with Crippen molar-refractivity contribution in [3.8, 4) is 0 Å². The largest absolute Gasteiger partial charge is 0.376 e. The molecular formula is C20H28N2O4S. The maximum absolute atomic E-state index is 12.8. The predicted molar refractivity (Wildman–Crippen MR) is 102 cm³/mol. The van der Waals surface area contributed by atoms with E-state index in [4.69, 9.17) is 4.74 Å². The van der Waals surface area contributed by atoms with Gasteiger partial charge in [0, 0.05) is 25.3 Å². The maximum Gasteiger partial charge on any atom is 0.251 e. The van der Waals surface area contributed by atoms with Crippen molar-refractivity contribution in [3.05, 3.63) is 29.8 Å². The van der Waals surface area contributed by atoms with Crippen molar-refractivity contribution in [2.45, 2.75) is 62.0 Å². The molecule has 6 nitrogen and oxygen atoms in total. The second-order valence-corrected chi connectivity index (χ2v) is 9.82. The molecule has 27 heavy (non-hydrogen) atoms. The van der Waals surface area contributed by atoms with Gasteiger partial charge in [0.25, 0.3) is 5.91 Å². The van der Waals surface area contributed by atoms with Crippen LogP contribution < -0.4 is 5.32 Å². The molecule has 2 aliphatic heterocycles. The van der Waals surface area contributed by atoms with Crippen LogP contribution in [0.4, 0.5) is 0 Å². The van der Waals surface area contributed by atoms with Crippen molar-refractivity contribution in [2.75, 3.05) is 19.7 Å². The standard InChI is InChI=1S/C20H28N2O4S/c23-20(21-18-11-14-26-19(18)15-5-6-15)16-7-9-17(10-8-16)27(24,25)22-12-3-1-2-4-13-22/h7-10,15,18-19H,1-6,11-14H2,(H,21,23). The van der Waals surface area contributed by atoms with Gasteiger partial charge in [-0.2, -0.15) is 4.31 Å². The number of sulfonamides is 1. The van der Waals surface area contributed by atoms with Crippen LogP contribution in [0.5, 0.6) is 0 Å². The van der Waals surface area contributed by atoms with E-state index in [0.29, 0.717) is 31.2 Å². The Balaban J connectivity index is 1.42. The van der Waals surface area contributed by atoms with Gasteiger partial charge in [0.15, 0.2) is 0 Å². The minimum Gasteiger partial charge on any atom is -0.376 e. The lowest BCUT2D eigenvalue weighted by Crippen LogP contribution is -2.41. The number of rotatable bonds is 5. The van der Waals surface area contributed by atoms with Crippen molar-refractivity contribution in [3.63, 3.8) is 0 Å². The van der Waals surface area contributed by atoms with Crippen LogP contribution in [0.2, 0.25) is 0 Å². The number of carbonyl (C=O) groups excluding carboxylic acids is 1. The first-order valence-electron chi connectivity index (χ1n) is 10.1. The van der Waals surface area contributed by atoms with Crippen LogP contribution in [-0.2, 0) is 14.8 Å². The van der Waals surface area contributed by atoms with Gasteiger partial charge in [0.1, 0.15) is 0 Å².